The van der Waals surface area contributed by atoms with Crippen LogP contribution in [0.3, 0.4) is 0 Å². The van der Waals surface area contributed by atoms with E-state index < -0.39 is 4.92 Å². The summed E-state index contributed by atoms with van der Waals surface area (Å²) in [7, 11) is 0. The Kier molecular flexibility index (Phi) is 4.89. The van der Waals surface area contributed by atoms with E-state index in [-0.39, 0.29) is 18.3 Å². The first-order valence-electron chi connectivity index (χ1n) is 6.22. The highest BCUT2D eigenvalue weighted by Gasteiger charge is 2.11. The Balaban J connectivity index is 1.76. The second-order valence-corrected chi connectivity index (χ2v) is 4.82. The molecule has 0 aliphatic heterocycles. The quantitative estimate of drug-likeness (QED) is 0.651. The maximum Gasteiger partial charge on any atom is 0.381 e. The zero-order chi connectivity index (χ0) is 15.2. The van der Waals surface area contributed by atoms with E-state index in [9.17, 15) is 14.9 Å². The third-order valence-corrected chi connectivity index (χ3v) is 3.03. The number of nitrogens with zero attached hydrogens (tertiary/aromatic N) is 3. The van der Waals surface area contributed by atoms with Crippen molar-refractivity contribution in [2.45, 2.75) is 13.0 Å². The molecule has 2 rings (SSSR count). The van der Waals surface area contributed by atoms with E-state index in [4.69, 9.17) is 11.6 Å². The molecule has 0 atom stereocenters. The number of hydrogen-bond acceptors (Lipinski definition) is 4. The lowest BCUT2D eigenvalue weighted by Crippen LogP contribution is -2.29. The number of benzene rings is 1. The van der Waals surface area contributed by atoms with Crippen molar-refractivity contribution in [1.29, 1.82) is 0 Å². The maximum absolute atomic E-state index is 11.7. The number of halogens is 1. The van der Waals surface area contributed by atoms with Crippen molar-refractivity contribution in [3.8, 4) is 0 Å². The van der Waals surface area contributed by atoms with Gasteiger partial charge in [-0.2, -0.15) is 0 Å². The van der Waals surface area contributed by atoms with Gasteiger partial charge in [0, 0.05) is 11.6 Å². The van der Waals surface area contributed by atoms with Crippen molar-refractivity contribution in [3.05, 3.63) is 57.5 Å². The molecule has 0 spiro atoms. The standard InChI is InChI=1S/C13H13ClN4O3/c14-11-3-1-10(2-4-11)5-6-15-13(19)8-17-7-12(16-9-17)18(20)21/h1-4,7,9H,5-6,8H2,(H,15,19). The van der Waals surface area contributed by atoms with Crippen molar-refractivity contribution >= 4 is 23.3 Å². The minimum atomic E-state index is -0.602. The van der Waals surface area contributed by atoms with Crippen LogP contribution in [-0.2, 0) is 17.8 Å². The summed E-state index contributed by atoms with van der Waals surface area (Å²) < 4.78 is 1.37. The Bertz CT molecular complexity index is 639. The van der Waals surface area contributed by atoms with Gasteiger partial charge in [-0.3, -0.25) is 4.79 Å². The summed E-state index contributed by atoms with van der Waals surface area (Å²) in [5.41, 5.74) is 1.07. The van der Waals surface area contributed by atoms with Crippen LogP contribution < -0.4 is 5.32 Å². The number of rotatable bonds is 6. The Morgan fingerprint density at radius 3 is 2.71 bits per heavy atom. The molecule has 0 saturated carbocycles. The zero-order valence-corrected chi connectivity index (χ0v) is 11.8. The number of imidazole rings is 1. The van der Waals surface area contributed by atoms with Gasteiger partial charge in [-0.1, -0.05) is 23.7 Å². The van der Waals surface area contributed by atoms with Crippen molar-refractivity contribution < 1.29 is 9.72 Å². The predicted molar refractivity (Wildman–Crippen MR) is 77.0 cm³/mol. The number of amides is 1. The van der Waals surface area contributed by atoms with Crippen LogP contribution in [0.25, 0.3) is 0 Å². The summed E-state index contributed by atoms with van der Waals surface area (Å²) in [6, 6.07) is 7.38. The van der Waals surface area contributed by atoms with E-state index in [1.165, 1.54) is 17.1 Å². The molecule has 21 heavy (non-hydrogen) atoms. The molecule has 2 aromatic rings. The van der Waals surface area contributed by atoms with Crippen LogP contribution in [-0.4, -0.2) is 26.9 Å². The lowest BCUT2D eigenvalue weighted by Gasteiger charge is -2.05. The minimum absolute atomic E-state index is 0.00145. The average Bonchev–Trinajstić information content (AvgIpc) is 2.90. The monoisotopic (exact) mass is 308 g/mol. The van der Waals surface area contributed by atoms with Gasteiger partial charge in [0.25, 0.3) is 0 Å². The zero-order valence-electron chi connectivity index (χ0n) is 11.0. The van der Waals surface area contributed by atoms with Crippen molar-refractivity contribution in [1.82, 2.24) is 14.9 Å². The first kappa shape index (κ1) is 15.0. The molecule has 1 amide bonds. The van der Waals surface area contributed by atoms with E-state index in [1.54, 1.807) is 12.1 Å². The SMILES string of the molecule is O=C(Cn1cnc([N+](=O)[O-])c1)NCCc1ccc(Cl)cc1. The fraction of sp³-hybridized carbons (Fsp3) is 0.231. The molecule has 0 aliphatic carbocycles. The van der Waals surface area contributed by atoms with Crippen LogP contribution in [0.15, 0.2) is 36.8 Å². The maximum atomic E-state index is 11.7. The summed E-state index contributed by atoms with van der Waals surface area (Å²) in [5.74, 6) is -0.500. The molecule has 0 aliphatic rings. The Hall–Kier alpha value is -2.41. The number of hydrogen-bond donors (Lipinski definition) is 1. The van der Waals surface area contributed by atoms with E-state index in [2.05, 4.69) is 10.3 Å². The molecule has 7 nitrogen and oxygen atoms in total. The van der Waals surface area contributed by atoms with Crippen LogP contribution in [0.2, 0.25) is 5.02 Å². The van der Waals surface area contributed by atoms with Crippen LogP contribution in [0.1, 0.15) is 5.56 Å². The van der Waals surface area contributed by atoms with Gasteiger partial charge < -0.3 is 20.0 Å². The average molecular weight is 309 g/mol. The fourth-order valence-electron chi connectivity index (χ4n) is 1.75. The summed E-state index contributed by atoms with van der Waals surface area (Å²) in [5, 5.41) is 13.9. The molecule has 1 aromatic heterocycles. The van der Waals surface area contributed by atoms with E-state index in [1.807, 2.05) is 12.1 Å². The molecule has 110 valence electrons. The molecular formula is C13H13ClN4O3. The van der Waals surface area contributed by atoms with Gasteiger partial charge in [0.2, 0.25) is 12.2 Å². The smallest absolute Gasteiger partial charge is 0.358 e. The second-order valence-electron chi connectivity index (χ2n) is 4.39. The Morgan fingerprint density at radius 1 is 1.38 bits per heavy atom. The minimum Gasteiger partial charge on any atom is -0.358 e. The van der Waals surface area contributed by atoms with Gasteiger partial charge >= 0.3 is 5.82 Å². The van der Waals surface area contributed by atoms with Crippen LogP contribution in [0.5, 0.6) is 0 Å². The number of nitrogens with one attached hydrogen (secondary N) is 1. The molecule has 0 radical (unpaired) electrons. The van der Waals surface area contributed by atoms with E-state index >= 15 is 0 Å². The molecule has 0 fully saturated rings. The third kappa shape index (κ3) is 4.57. The molecule has 0 unspecified atom stereocenters. The Morgan fingerprint density at radius 2 is 2.10 bits per heavy atom. The highest BCUT2D eigenvalue weighted by atomic mass is 35.5. The lowest BCUT2D eigenvalue weighted by atomic mass is 10.1. The van der Waals surface area contributed by atoms with Gasteiger partial charge in [0.1, 0.15) is 12.7 Å². The third-order valence-electron chi connectivity index (χ3n) is 2.78. The number of nitro groups is 1. The van der Waals surface area contributed by atoms with Gasteiger partial charge in [0.05, 0.1) is 0 Å². The second kappa shape index (κ2) is 6.85. The van der Waals surface area contributed by atoms with Gasteiger partial charge in [-0.25, -0.2) is 0 Å². The summed E-state index contributed by atoms with van der Waals surface area (Å²) in [6.45, 7) is 0.485. The Labute approximate surface area is 125 Å². The molecule has 1 aromatic carbocycles. The number of carbonyl (C=O) groups is 1. The van der Waals surface area contributed by atoms with Crippen LogP contribution in [0.4, 0.5) is 5.82 Å². The van der Waals surface area contributed by atoms with Gasteiger partial charge in [0.15, 0.2) is 0 Å². The molecule has 1 heterocycles. The lowest BCUT2D eigenvalue weighted by molar-refractivity contribution is -0.389. The predicted octanol–water partition coefficient (Wildman–Crippen LogP) is 1.80. The van der Waals surface area contributed by atoms with E-state index in [0.29, 0.717) is 18.0 Å². The van der Waals surface area contributed by atoms with Crippen LogP contribution >= 0.6 is 11.6 Å². The van der Waals surface area contributed by atoms with Crippen molar-refractivity contribution in [2.24, 2.45) is 0 Å². The van der Waals surface area contributed by atoms with Crippen LogP contribution in [0, 0.1) is 10.1 Å². The normalized spacial score (nSPS) is 10.3. The molecule has 1 N–H and O–H groups in total. The highest BCUT2D eigenvalue weighted by Crippen LogP contribution is 2.09. The molecular weight excluding hydrogens is 296 g/mol. The summed E-state index contributed by atoms with van der Waals surface area (Å²) in [4.78, 5) is 25.1. The van der Waals surface area contributed by atoms with Crippen molar-refractivity contribution in [3.63, 3.8) is 0 Å². The topological polar surface area (TPSA) is 90.1 Å². The fourth-order valence-corrected chi connectivity index (χ4v) is 1.87. The molecule has 0 bridgehead atoms. The molecule has 0 saturated heterocycles. The number of carbonyl (C=O) groups excluding carboxylic acids is 1. The highest BCUT2D eigenvalue weighted by molar-refractivity contribution is 6.30. The summed E-state index contributed by atoms with van der Waals surface area (Å²) >= 11 is 5.78. The van der Waals surface area contributed by atoms with Gasteiger partial charge in [-0.15, -0.1) is 0 Å². The first-order valence-corrected chi connectivity index (χ1v) is 6.59. The van der Waals surface area contributed by atoms with Crippen molar-refractivity contribution in [2.75, 3.05) is 6.54 Å². The van der Waals surface area contributed by atoms with E-state index in [0.717, 1.165) is 5.56 Å². The molecule has 8 heteroatoms. The largest absolute Gasteiger partial charge is 0.381 e. The summed E-state index contributed by atoms with van der Waals surface area (Å²) in [6.07, 6.45) is 3.17. The first-order chi connectivity index (χ1) is 10.0. The number of aromatic nitrogens is 2. The van der Waals surface area contributed by atoms with Gasteiger partial charge in [-0.05, 0) is 34.0 Å².